The summed E-state index contributed by atoms with van der Waals surface area (Å²) in [7, 11) is 1.72. The van der Waals surface area contributed by atoms with Crippen LogP contribution in [-0.2, 0) is 17.7 Å². The molecule has 0 amide bonds. The van der Waals surface area contributed by atoms with Crippen LogP contribution in [-0.4, -0.2) is 34.3 Å². The molecular weight excluding hydrogens is 268 g/mol. The summed E-state index contributed by atoms with van der Waals surface area (Å²) in [6.45, 7) is 3.78. The van der Waals surface area contributed by atoms with Crippen LogP contribution in [0.1, 0.15) is 42.4 Å². The Morgan fingerprint density at radius 1 is 1.33 bits per heavy atom. The second kappa shape index (κ2) is 7.22. The van der Waals surface area contributed by atoms with Crippen molar-refractivity contribution in [3.8, 4) is 0 Å². The van der Waals surface area contributed by atoms with Crippen LogP contribution in [0.4, 0.5) is 0 Å². The number of hydrogen-bond donors (Lipinski definition) is 1. The molecule has 0 saturated heterocycles. The second-order valence-electron chi connectivity index (χ2n) is 5.10. The number of imidazole rings is 1. The largest absolute Gasteiger partial charge is 0.478 e. The van der Waals surface area contributed by atoms with Crippen molar-refractivity contribution in [2.45, 2.75) is 39.2 Å². The molecule has 0 radical (unpaired) electrons. The number of carboxylic acids is 1. The van der Waals surface area contributed by atoms with Crippen LogP contribution in [0, 0.1) is 0 Å². The van der Waals surface area contributed by atoms with Gasteiger partial charge in [-0.3, -0.25) is 0 Å². The van der Waals surface area contributed by atoms with Crippen molar-refractivity contribution in [3.63, 3.8) is 0 Å². The van der Waals surface area contributed by atoms with E-state index in [1.54, 1.807) is 19.2 Å². The van der Waals surface area contributed by atoms with Crippen molar-refractivity contribution in [1.82, 2.24) is 9.55 Å². The van der Waals surface area contributed by atoms with E-state index in [4.69, 9.17) is 9.84 Å². The highest BCUT2D eigenvalue weighted by atomic mass is 16.5. The van der Waals surface area contributed by atoms with Gasteiger partial charge in [-0.1, -0.05) is 6.92 Å². The molecule has 2 aromatic rings. The lowest BCUT2D eigenvalue weighted by Gasteiger charge is -2.08. The molecule has 5 heteroatoms. The predicted molar refractivity (Wildman–Crippen MR) is 81.8 cm³/mol. The Kier molecular flexibility index (Phi) is 5.33. The number of rotatable bonds is 8. The molecule has 0 fully saturated rings. The number of carboxylic acid groups (broad SMARTS) is 1. The highest BCUT2D eigenvalue weighted by Gasteiger charge is 2.11. The number of nitrogens with zero attached hydrogens (tertiary/aromatic N) is 2. The minimum Gasteiger partial charge on any atom is -0.478 e. The van der Waals surface area contributed by atoms with Gasteiger partial charge in [0.05, 0.1) is 16.6 Å². The van der Waals surface area contributed by atoms with Gasteiger partial charge in [-0.05, 0) is 37.5 Å². The van der Waals surface area contributed by atoms with Crippen LogP contribution < -0.4 is 0 Å². The maximum Gasteiger partial charge on any atom is 0.335 e. The molecule has 0 bridgehead atoms. The average molecular weight is 290 g/mol. The van der Waals surface area contributed by atoms with Crippen molar-refractivity contribution in [1.29, 1.82) is 0 Å². The summed E-state index contributed by atoms with van der Waals surface area (Å²) < 4.78 is 7.26. The maximum absolute atomic E-state index is 11.0. The summed E-state index contributed by atoms with van der Waals surface area (Å²) in [5.74, 6) is 0.100. The van der Waals surface area contributed by atoms with E-state index in [0.717, 1.165) is 55.7 Å². The highest BCUT2D eigenvalue weighted by molar-refractivity contribution is 5.92. The molecule has 0 aliphatic carbocycles. The van der Waals surface area contributed by atoms with Crippen LogP contribution in [0.15, 0.2) is 18.2 Å². The molecule has 0 aliphatic heterocycles. The van der Waals surface area contributed by atoms with E-state index in [1.165, 1.54) is 0 Å². The number of ether oxygens (including phenoxy) is 1. The van der Waals surface area contributed by atoms with Gasteiger partial charge in [-0.2, -0.15) is 0 Å². The molecule has 0 unspecified atom stereocenters. The lowest BCUT2D eigenvalue weighted by Crippen LogP contribution is -2.03. The Morgan fingerprint density at radius 3 is 2.81 bits per heavy atom. The van der Waals surface area contributed by atoms with Crippen molar-refractivity contribution in [3.05, 3.63) is 29.6 Å². The number of benzene rings is 1. The van der Waals surface area contributed by atoms with Gasteiger partial charge in [-0.25, -0.2) is 9.78 Å². The van der Waals surface area contributed by atoms with E-state index in [9.17, 15) is 4.79 Å². The molecule has 0 atom stereocenters. The Morgan fingerprint density at radius 2 is 2.14 bits per heavy atom. The SMILES string of the molecule is CCc1nc2cc(C(=O)O)ccc2n1CCCCCOC. The monoisotopic (exact) mass is 290 g/mol. The number of unbranched alkanes of at least 4 members (excludes halogenated alkanes) is 2. The van der Waals surface area contributed by atoms with Crippen molar-refractivity contribution in [2.75, 3.05) is 13.7 Å². The number of aromatic nitrogens is 2. The lowest BCUT2D eigenvalue weighted by atomic mass is 10.2. The molecule has 0 saturated carbocycles. The minimum absolute atomic E-state index is 0.287. The van der Waals surface area contributed by atoms with E-state index in [2.05, 4.69) is 16.5 Å². The molecule has 2 rings (SSSR count). The Bertz CT molecular complexity index is 619. The van der Waals surface area contributed by atoms with E-state index in [-0.39, 0.29) is 5.56 Å². The molecule has 0 aliphatic rings. The van der Waals surface area contributed by atoms with Gasteiger partial charge in [-0.15, -0.1) is 0 Å². The Hall–Kier alpha value is -1.88. The summed E-state index contributed by atoms with van der Waals surface area (Å²) in [5.41, 5.74) is 2.07. The number of aromatic carboxylic acids is 1. The standard InChI is InChI=1S/C16H22N2O3/c1-3-15-17-13-11-12(16(19)20)7-8-14(13)18(15)9-5-4-6-10-21-2/h7-8,11H,3-6,9-10H2,1-2H3,(H,19,20). The fourth-order valence-electron chi connectivity index (χ4n) is 2.53. The Labute approximate surface area is 124 Å². The van der Waals surface area contributed by atoms with Crippen LogP contribution >= 0.6 is 0 Å². The summed E-state index contributed by atoms with van der Waals surface area (Å²) in [5, 5.41) is 9.06. The van der Waals surface area contributed by atoms with Gasteiger partial charge in [0, 0.05) is 26.7 Å². The molecular formula is C16H22N2O3. The van der Waals surface area contributed by atoms with Crippen molar-refractivity contribution < 1.29 is 14.6 Å². The first-order valence-corrected chi connectivity index (χ1v) is 7.38. The van der Waals surface area contributed by atoms with Gasteiger partial charge >= 0.3 is 5.97 Å². The number of carbonyl (C=O) groups is 1. The van der Waals surface area contributed by atoms with E-state index >= 15 is 0 Å². The Balaban J connectivity index is 2.19. The molecule has 1 N–H and O–H groups in total. The smallest absolute Gasteiger partial charge is 0.335 e. The molecule has 114 valence electrons. The normalized spacial score (nSPS) is 11.1. The van der Waals surface area contributed by atoms with Crippen LogP contribution in [0.2, 0.25) is 0 Å². The maximum atomic E-state index is 11.0. The molecule has 1 heterocycles. The molecule has 5 nitrogen and oxygen atoms in total. The fourth-order valence-corrected chi connectivity index (χ4v) is 2.53. The number of methoxy groups -OCH3 is 1. The van der Waals surface area contributed by atoms with Gasteiger partial charge in [0.15, 0.2) is 0 Å². The van der Waals surface area contributed by atoms with E-state index < -0.39 is 5.97 Å². The number of fused-ring (bicyclic) bond motifs is 1. The van der Waals surface area contributed by atoms with Crippen molar-refractivity contribution in [2.24, 2.45) is 0 Å². The summed E-state index contributed by atoms with van der Waals surface area (Å²) >= 11 is 0. The molecule has 1 aromatic carbocycles. The third-order valence-corrected chi connectivity index (χ3v) is 3.62. The first-order valence-electron chi connectivity index (χ1n) is 7.38. The minimum atomic E-state index is -0.913. The average Bonchev–Trinajstić information content (AvgIpc) is 2.84. The zero-order valence-corrected chi connectivity index (χ0v) is 12.6. The summed E-state index contributed by atoms with van der Waals surface area (Å²) in [6.07, 6.45) is 4.09. The quantitative estimate of drug-likeness (QED) is 0.759. The van der Waals surface area contributed by atoms with Gasteiger partial charge in [0.1, 0.15) is 5.82 Å². The topological polar surface area (TPSA) is 64.3 Å². The third-order valence-electron chi connectivity index (χ3n) is 3.62. The number of hydrogen-bond acceptors (Lipinski definition) is 3. The molecule has 1 aromatic heterocycles. The summed E-state index contributed by atoms with van der Waals surface area (Å²) in [6, 6.07) is 5.16. The van der Waals surface area contributed by atoms with E-state index in [1.807, 2.05) is 6.07 Å². The zero-order chi connectivity index (χ0) is 15.2. The van der Waals surface area contributed by atoms with Crippen LogP contribution in [0.25, 0.3) is 11.0 Å². The summed E-state index contributed by atoms with van der Waals surface area (Å²) in [4.78, 5) is 15.6. The lowest BCUT2D eigenvalue weighted by molar-refractivity contribution is 0.0697. The second-order valence-corrected chi connectivity index (χ2v) is 5.10. The van der Waals surface area contributed by atoms with Crippen LogP contribution in [0.5, 0.6) is 0 Å². The fraction of sp³-hybridized carbons (Fsp3) is 0.500. The van der Waals surface area contributed by atoms with E-state index in [0.29, 0.717) is 0 Å². The number of aryl methyl sites for hydroxylation is 2. The highest BCUT2D eigenvalue weighted by Crippen LogP contribution is 2.19. The third kappa shape index (κ3) is 3.61. The zero-order valence-electron chi connectivity index (χ0n) is 12.6. The van der Waals surface area contributed by atoms with Gasteiger partial charge in [0.2, 0.25) is 0 Å². The first-order chi connectivity index (χ1) is 10.2. The van der Waals surface area contributed by atoms with Crippen LogP contribution in [0.3, 0.4) is 0 Å². The first kappa shape index (κ1) is 15.5. The molecule has 0 spiro atoms. The van der Waals surface area contributed by atoms with Gasteiger partial charge in [0.25, 0.3) is 0 Å². The van der Waals surface area contributed by atoms with Crippen molar-refractivity contribution >= 4 is 17.0 Å². The predicted octanol–water partition coefficient (Wildman–Crippen LogP) is 3.11. The molecule has 21 heavy (non-hydrogen) atoms. The van der Waals surface area contributed by atoms with Gasteiger partial charge < -0.3 is 14.4 Å².